The monoisotopic (exact) mass is 292 g/mol. The molecule has 0 spiro atoms. The summed E-state index contributed by atoms with van der Waals surface area (Å²) in [5.74, 6) is -0.606. The fourth-order valence-electron chi connectivity index (χ4n) is 2.49. The van der Waals surface area contributed by atoms with E-state index in [1.165, 1.54) is 0 Å². The summed E-state index contributed by atoms with van der Waals surface area (Å²) in [5.41, 5.74) is 0.238. The van der Waals surface area contributed by atoms with Crippen LogP contribution in [0.15, 0.2) is 12.1 Å². The predicted molar refractivity (Wildman–Crippen MR) is 77.3 cm³/mol. The largest absolute Gasteiger partial charge is 0.480 e. The summed E-state index contributed by atoms with van der Waals surface area (Å²) in [4.78, 5) is 24.8. The van der Waals surface area contributed by atoms with E-state index in [0.717, 1.165) is 19.3 Å². The number of hydrogen-bond acceptors (Lipinski definition) is 5. The highest BCUT2D eigenvalue weighted by Crippen LogP contribution is 2.22. The van der Waals surface area contributed by atoms with E-state index in [9.17, 15) is 14.7 Å². The Morgan fingerprint density at radius 2 is 2.14 bits per heavy atom. The Morgan fingerprint density at radius 1 is 1.33 bits per heavy atom. The molecular weight excluding hydrogens is 272 g/mol. The minimum absolute atomic E-state index is 0.238. The fraction of sp³-hybridized carbons (Fsp3) is 0.571. The molecule has 1 atom stereocenters. The lowest BCUT2D eigenvalue weighted by atomic mass is 10.1. The Hall–Kier alpha value is -2.18. The Bertz CT molecular complexity index is 503. The summed E-state index contributed by atoms with van der Waals surface area (Å²) in [5, 5.41) is 19.9. The maximum absolute atomic E-state index is 11.6. The second-order valence-electron chi connectivity index (χ2n) is 5.03. The van der Waals surface area contributed by atoms with Crippen molar-refractivity contribution in [3.05, 3.63) is 17.8 Å². The smallest absolute Gasteiger partial charge is 0.326 e. The molecule has 1 amide bonds. The van der Waals surface area contributed by atoms with E-state index in [1.54, 1.807) is 17.0 Å². The Morgan fingerprint density at radius 3 is 2.76 bits per heavy atom. The van der Waals surface area contributed by atoms with E-state index >= 15 is 0 Å². The first-order chi connectivity index (χ1) is 10.1. The Kier molecular flexibility index (Phi) is 5.08. The highest BCUT2D eigenvalue weighted by Gasteiger charge is 2.28. The molecule has 0 aliphatic carbocycles. The van der Waals surface area contributed by atoms with Gasteiger partial charge in [0.15, 0.2) is 11.5 Å². The van der Waals surface area contributed by atoms with Crippen molar-refractivity contribution in [3.8, 4) is 0 Å². The van der Waals surface area contributed by atoms with Crippen molar-refractivity contribution in [2.75, 3.05) is 18.0 Å². The molecule has 21 heavy (non-hydrogen) atoms. The van der Waals surface area contributed by atoms with E-state index in [4.69, 9.17) is 0 Å². The highest BCUT2D eigenvalue weighted by molar-refractivity contribution is 5.92. The number of aliphatic carboxylic acids is 1. The lowest BCUT2D eigenvalue weighted by Gasteiger charge is -2.27. The van der Waals surface area contributed by atoms with Gasteiger partial charge in [0, 0.05) is 13.1 Å². The van der Waals surface area contributed by atoms with E-state index < -0.39 is 12.0 Å². The second kappa shape index (κ2) is 7.01. The van der Waals surface area contributed by atoms with Crippen molar-refractivity contribution in [1.82, 2.24) is 15.5 Å². The molecule has 114 valence electrons. The zero-order valence-corrected chi connectivity index (χ0v) is 12.1. The van der Waals surface area contributed by atoms with Gasteiger partial charge in [0.05, 0.1) is 0 Å². The Labute approximate surface area is 123 Å². The maximum Gasteiger partial charge on any atom is 0.326 e. The molecule has 1 aliphatic rings. The number of carbonyl (C=O) groups is 2. The van der Waals surface area contributed by atoms with Crippen molar-refractivity contribution in [3.63, 3.8) is 0 Å². The molecular formula is C14H20N4O3. The minimum atomic E-state index is -0.841. The molecule has 7 nitrogen and oxygen atoms in total. The van der Waals surface area contributed by atoms with Crippen LogP contribution in [0.3, 0.4) is 0 Å². The molecule has 0 saturated carbocycles. The van der Waals surface area contributed by atoms with E-state index in [2.05, 4.69) is 15.5 Å². The SMILES string of the molecule is CCNC(=O)c1ccc(N2CCCCCC2C(=O)O)nn1. The van der Waals surface area contributed by atoms with Crippen LogP contribution < -0.4 is 10.2 Å². The normalized spacial score (nSPS) is 18.9. The molecule has 1 aromatic rings. The molecule has 1 fully saturated rings. The number of nitrogens with zero attached hydrogens (tertiary/aromatic N) is 3. The van der Waals surface area contributed by atoms with Gasteiger partial charge in [-0.05, 0) is 31.9 Å². The number of hydrogen-bond donors (Lipinski definition) is 2. The van der Waals surface area contributed by atoms with Gasteiger partial charge < -0.3 is 15.3 Å². The highest BCUT2D eigenvalue weighted by atomic mass is 16.4. The lowest BCUT2D eigenvalue weighted by Crippen LogP contribution is -2.41. The van der Waals surface area contributed by atoms with Crippen LogP contribution in [0.1, 0.15) is 43.1 Å². The topological polar surface area (TPSA) is 95.4 Å². The van der Waals surface area contributed by atoms with Gasteiger partial charge in [-0.2, -0.15) is 0 Å². The van der Waals surface area contributed by atoms with E-state index in [1.807, 2.05) is 6.92 Å². The quantitative estimate of drug-likeness (QED) is 0.861. The van der Waals surface area contributed by atoms with Gasteiger partial charge in [-0.1, -0.05) is 12.8 Å². The summed E-state index contributed by atoms with van der Waals surface area (Å²) >= 11 is 0. The minimum Gasteiger partial charge on any atom is -0.480 e. The van der Waals surface area contributed by atoms with Crippen LogP contribution in [0.4, 0.5) is 5.82 Å². The number of carboxylic acids is 1. The third-order valence-electron chi connectivity index (χ3n) is 3.55. The summed E-state index contributed by atoms with van der Waals surface area (Å²) in [6.07, 6.45) is 3.46. The first-order valence-electron chi connectivity index (χ1n) is 7.25. The number of aromatic nitrogens is 2. The molecule has 1 aromatic heterocycles. The van der Waals surface area contributed by atoms with Gasteiger partial charge in [-0.15, -0.1) is 10.2 Å². The molecule has 1 aliphatic heterocycles. The van der Waals surface area contributed by atoms with Crippen molar-refractivity contribution in [2.45, 2.75) is 38.6 Å². The predicted octanol–water partition coefficient (Wildman–Crippen LogP) is 1.06. The number of nitrogens with one attached hydrogen (secondary N) is 1. The van der Waals surface area contributed by atoms with Gasteiger partial charge >= 0.3 is 5.97 Å². The van der Waals surface area contributed by atoms with Crippen molar-refractivity contribution in [2.24, 2.45) is 0 Å². The average molecular weight is 292 g/mol. The van der Waals surface area contributed by atoms with Crippen LogP contribution in [0.5, 0.6) is 0 Å². The van der Waals surface area contributed by atoms with Crippen LogP contribution in [0, 0.1) is 0 Å². The molecule has 0 aromatic carbocycles. The molecule has 2 N–H and O–H groups in total. The van der Waals surface area contributed by atoms with Gasteiger partial charge in [0.1, 0.15) is 6.04 Å². The van der Waals surface area contributed by atoms with Crippen molar-refractivity contribution < 1.29 is 14.7 Å². The van der Waals surface area contributed by atoms with Crippen LogP contribution in [0.25, 0.3) is 0 Å². The molecule has 0 radical (unpaired) electrons. The third kappa shape index (κ3) is 3.68. The summed E-state index contributed by atoms with van der Waals surface area (Å²) < 4.78 is 0. The summed E-state index contributed by atoms with van der Waals surface area (Å²) in [6.45, 7) is 3.00. The van der Waals surface area contributed by atoms with Crippen LogP contribution in [0.2, 0.25) is 0 Å². The third-order valence-corrected chi connectivity index (χ3v) is 3.55. The molecule has 7 heteroatoms. The van der Waals surface area contributed by atoms with E-state index in [0.29, 0.717) is 25.3 Å². The summed E-state index contributed by atoms with van der Waals surface area (Å²) in [6, 6.07) is 2.67. The van der Waals surface area contributed by atoms with Gasteiger partial charge in [-0.25, -0.2) is 4.79 Å². The molecule has 2 rings (SSSR count). The van der Waals surface area contributed by atoms with Crippen LogP contribution in [-0.4, -0.2) is 46.3 Å². The maximum atomic E-state index is 11.6. The van der Waals surface area contributed by atoms with Gasteiger partial charge in [-0.3, -0.25) is 4.79 Å². The van der Waals surface area contributed by atoms with Crippen LogP contribution in [-0.2, 0) is 4.79 Å². The van der Waals surface area contributed by atoms with Crippen molar-refractivity contribution >= 4 is 17.7 Å². The zero-order valence-electron chi connectivity index (χ0n) is 12.1. The molecule has 1 saturated heterocycles. The van der Waals surface area contributed by atoms with Gasteiger partial charge in [0.25, 0.3) is 5.91 Å². The zero-order chi connectivity index (χ0) is 15.2. The number of carbonyl (C=O) groups excluding carboxylic acids is 1. The van der Waals surface area contributed by atoms with Crippen molar-refractivity contribution in [1.29, 1.82) is 0 Å². The second-order valence-corrected chi connectivity index (χ2v) is 5.03. The molecule has 2 heterocycles. The lowest BCUT2D eigenvalue weighted by molar-refractivity contribution is -0.138. The number of amides is 1. The fourth-order valence-corrected chi connectivity index (χ4v) is 2.49. The number of carboxylic acid groups (broad SMARTS) is 1. The number of anilines is 1. The Balaban J connectivity index is 2.18. The average Bonchev–Trinajstić information content (AvgIpc) is 2.73. The van der Waals surface area contributed by atoms with Gasteiger partial charge in [0.2, 0.25) is 0 Å². The first-order valence-corrected chi connectivity index (χ1v) is 7.25. The standard InChI is InChI=1S/C14H20N4O3/c1-2-15-13(19)10-7-8-12(17-16-10)18-9-5-3-4-6-11(18)14(20)21/h7-8,11H,2-6,9H2,1H3,(H,15,19)(H,20,21). The van der Waals surface area contributed by atoms with E-state index in [-0.39, 0.29) is 11.6 Å². The first kappa shape index (κ1) is 15.2. The molecule has 1 unspecified atom stereocenters. The number of rotatable bonds is 4. The molecule has 0 bridgehead atoms. The summed E-state index contributed by atoms with van der Waals surface area (Å²) in [7, 11) is 0. The van der Waals surface area contributed by atoms with Crippen LogP contribution >= 0.6 is 0 Å².